The van der Waals surface area contributed by atoms with Gasteiger partial charge in [-0.15, -0.1) is 0 Å². The van der Waals surface area contributed by atoms with Crippen LogP contribution in [0.2, 0.25) is 0 Å². The van der Waals surface area contributed by atoms with E-state index in [4.69, 9.17) is 5.11 Å². The molecule has 0 aromatic carbocycles. The number of rotatable bonds is 6. The van der Waals surface area contributed by atoms with Crippen LogP contribution in [0.3, 0.4) is 0 Å². The summed E-state index contributed by atoms with van der Waals surface area (Å²) in [5.41, 5.74) is 0. The van der Waals surface area contributed by atoms with Crippen LogP contribution in [0.25, 0.3) is 0 Å². The zero-order valence-electron chi connectivity index (χ0n) is 9.56. The molecule has 1 amide bonds. The van der Waals surface area contributed by atoms with Gasteiger partial charge in [0.25, 0.3) is 0 Å². The first-order chi connectivity index (χ1) is 7.14. The Morgan fingerprint density at radius 2 is 1.75 bits per heavy atom. The molecule has 1 atom stereocenters. The Morgan fingerprint density at radius 3 is 2.12 bits per heavy atom. The molecule has 0 rings (SSSR count). The van der Waals surface area contributed by atoms with Crippen LogP contribution in [0.15, 0.2) is 0 Å². The summed E-state index contributed by atoms with van der Waals surface area (Å²) in [6.07, 6.45) is 0. The zero-order valence-corrected chi connectivity index (χ0v) is 10.4. The molecule has 16 heavy (non-hydrogen) atoms. The van der Waals surface area contributed by atoms with E-state index in [1.165, 1.54) is 6.92 Å². The minimum absolute atomic E-state index is 0.0605. The van der Waals surface area contributed by atoms with Gasteiger partial charge in [-0.3, -0.25) is 9.59 Å². The van der Waals surface area contributed by atoms with E-state index in [0.29, 0.717) is 0 Å². The molecular formula is C9H17NO5S. The van der Waals surface area contributed by atoms with Crippen LogP contribution in [0.1, 0.15) is 20.8 Å². The fourth-order valence-corrected chi connectivity index (χ4v) is 2.73. The molecule has 0 spiro atoms. The van der Waals surface area contributed by atoms with Crippen LogP contribution in [-0.2, 0) is 19.4 Å². The van der Waals surface area contributed by atoms with E-state index in [1.807, 2.05) is 0 Å². The Balaban J connectivity index is 4.30. The maximum Gasteiger partial charge on any atom is 0.325 e. The van der Waals surface area contributed by atoms with Crippen LogP contribution in [-0.4, -0.2) is 42.9 Å². The molecule has 0 aliphatic rings. The van der Waals surface area contributed by atoms with Crippen molar-refractivity contribution in [1.82, 2.24) is 5.32 Å². The predicted octanol–water partition coefficient (Wildman–Crippen LogP) is -0.353. The fraction of sp³-hybridized carbons (Fsp3) is 0.778. The first kappa shape index (κ1) is 14.9. The van der Waals surface area contributed by atoms with Gasteiger partial charge in [0, 0.05) is 0 Å². The molecular weight excluding hydrogens is 234 g/mol. The number of carboxylic acid groups (broad SMARTS) is 1. The number of hydrogen-bond acceptors (Lipinski definition) is 4. The van der Waals surface area contributed by atoms with Crippen molar-refractivity contribution in [3.05, 3.63) is 0 Å². The van der Waals surface area contributed by atoms with Crippen LogP contribution in [0.4, 0.5) is 0 Å². The van der Waals surface area contributed by atoms with Crippen LogP contribution < -0.4 is 5.32 Å². The van der Waals surface area contributed by atoms with E-state index in [-0.39, 0.29) is 11.7 Å². The summed E-state index contributed by atoms with van der Waals surface area (Å²) in [4.78, 5) is 21.6. The summed E-state index contributed by atoms with van der Waals surface area (Å²) in [5.74, 6) is -2.79. The molecule has 2 N–H and O–H groups in total. The number of carbonyl (C=O) groups excluding carboxylic acids is 1. The average molecular weight is 251 g/mol. The highest BCUT2D eigenvalue weighted by Crippen LogP contribution is 2.00. The van der Waals surface area contributed by atoms with Gasteiger partial charge in [-0.2, -0.15) is 0 Å². The summed E-state index contributed by atoms with van der Waals surface area (Å²) in [5, 5.41) is 10.6. The number of sulfone groups is 1. The molecule has 0 saturated carbocycles. The summed E-state index contributed by atoms with van der Waals surface area (Å²) < 4.78 is 22.8. The first-order valence-corrected chi connectivity index (χ1v) is 6.69. The molecule has 0 aliphatic heterocycles. The van der Waals surface area contributed by atoms with Crippen molar-refractivity contribution in [1.29, 1.82) is 0 Å². The summed E-state index contributed by atoms with van der Waals surface area (Å²) >= 11 is 0. The van der Waals surface area contributed by atoms with Gasteiger partial charge in [0.1, 0.15) is 11.8 Å². The van der Waals surface area contributed by atoms with Gasteiger partial charge in [0.05, 0.1) is 5.75 Å². The third kappa shape index (κ3) is 6.39. The second-order valence-electron chi connectivity index (χ2n) is 4.08. The second-order valence-corrected chi connectivity index (χ2v) is 6.19. The Morgan fingerprint density at radius 1 is 1.25 bits per heavy atom. The minimum atomic E-state index is -3.46. The molecule has 0 fully saturated rings. The molecule has 0 bridgehead atoms. The summed E-state index contributed by atoms with van der Waals surface area (Å²) in [6.45, 7) is 4.74. The molecule has 0 aromatic rings. The molecule has 0 saturated heterocycles. The van der Waals surface area contributed by atoms with Crippen molar-refractivity contribution >= 4 is 21.7 Å². The van der Waals surface area contributed by atoms with Crippen LogP contribution in [0.5, 0.6) is 0 Å². The van der Waals surface area contributed by atoms with Crippen molar-refractivity contribution in [3.63, 3.8) is 0 Å². The number of nitrogens with one attached hydrogen (secondary N) is 1. The quantitative estimate of drug-likeness (QED) is 0.671. The maximum atomic E-state index is 11.4. The molecule has 0 radical (unpaired) electrons. The van der Waals surface area contributed by atoms with Crippen molar-refractivity contribution in [2.75, 3.05) is 11.5 Å². The van der Waals surface area contributed by atoms with Gasteiger partial charge < -0.3 is 10.4 Å². The number of hydrogen-bond donors (Lipinski definition) is 2. The third-order valence-electron chi connectivity index (χ3n) is 1.69. The van der Waals surface area contributed by atoms with Crippen molar-refractivity contribution in [2.24, 2.45) is 5.92 Å². The van der Waals surface area contributed by atoms with Gasteiger partial charge in [-0.05, 0) is 12.8 Å². The van der Waals surface area contributed by atoms with Crippen molar-refractivity contribution < 1.29 is 23.1 Å². The topological polar surface area (TPSA) is 101 Å². The van der Waals surface area contributed by atoms with Crippen molar-refractivity contribution in [2.45, 2.75) is 26.8 Å². The van der Waals surface area contributed by atoms with E-state index in [9.17, 15) is 18.0 Å². The molecule has 7 heteroatoms. The highest BCUT2D eigenvalue weighted by molar-refractivity contribution is 7.92. The number of amides is 1. The highest BCUT2D eigenvalue weighted by atomic mass is 32.2. The lowest BCUT2D eigenvalue weighted by Crippen LogP contribution is -2.41. The first-order valence-electron chi connectivity index (χ1n) is 4.86. The zero-order chi connectivity index (χ0) is 12.9. The molecule has 94 valence electrons. The lowest BCUT2D eigenvalue weighted by molar-refractivity contribution is -0.140. The van der Waals surface area contributed by atoms with Gasteiger partial charge in [0.15, 0.2) is 9.84 Å². The van der Waals surface area contributed by atoms with Gasteiger partial charge in [-0.25, -0.2) is 8.42 Å². The monoisotopic (exact) mass is 251 g/mol. The Kier molecular flexibility index (Phi) is 5.43. The lowest BCUT2D eigenvalue weighted by Gasteiger charge is -2.10. The Bertz CT molecular complexity index is 360. The predicted molar refractivity (Wildman–Crippen MR) is 58.7 cm³/mol. The SMILES string of the molecule is CC(C)CS(=O)(=O)CC(=O)NC(C)C(=O)O. The standard InChI is InChI=1S/C9H17NO5S/c1-6(2)4-16(14,15)5-8(11)10-7(3)9(12)13/h6-7H,4-5H2,1-3H3,(H,10,11)(H,12,13). The largest absolute Gasteiger partial charge is 0.480 e. The summed E-state index contributed by atoms with van der Waals surface area (Å²) in [7, 11) is -3.46. The summed E-state index contributed by atoms with van der Waals surface area (Å²) in [6, 6.07) is -1.08. The molecule has 6 nitrogen and oxygen atoms in total. The van der Waals surface area contributed by atoms with E-state index < -0.39 is 33.5 Å². The number of carboxylic acids is 1. The van der Waals surface area contributed by atoms with E-state index in [2.05, 4.69) is 5.32 Å². The Labute approximate surface area is 95.0 Å². The fourth-order valence-electron chi connectivity index (χ4n) is 1.11. The molecule has 0 heterocycles. The third-order valence-corrected chi connectivity index (χ3v) is 3.56. The van der Waals surface area contributed by atoms with Gasteiger partial charge in [0.2, 0.25) is 5.91 Å². The molecule has 0 aromatic heterocycles. The van der Waals surface area contributed by atoms with Crippen LogP contribution in [0, 0.1) is 5.92 Å². The molecule has 1 unspecified atom stereocenters. The molecule has 0 aliphatic carbocycles. The lowest BCUT2D eigenvalue weighted by atomic mass is 10.3. The Hall–Kier alpha value is -1.11. The highest BCUT2D eigenvalue weighted by Gasteiger charge is 2.21. The smallest absolute Gasteiger partial charge is 0.325 e. The van der Waals surface area contributed by atoms with E-state index >= 15 is 0 Å². The number of carbonyl (C=O) groups is 2. The maximum absolute atomic E-state index is 11.4. The minimum Gasteiger partial charge on any atom is -0.480 e. The van der Waals surface area contributed by atoms with Gasteiger partial charge in [-0.1, -0.05) is 13.8 Å². The van der Waals surface area contributed by atoms with Crippen LogP contribution >= 0.6 is 0 Å². The van der Waals surface area contributed by atoms with Gasteiger partial charge >= 0.3 is 5.97 Å². The average Bonchev–Trinajstić information content (AvgIpc) is 1.98. The number of aliphatic carboxylic acids is 1. The second kappa shape index (κ2) is 5.83. The normalized spacial score (nSPS) is 13.5. The van der Waals surface area contributed by atoms with E-state index in [0.717, 1.165) is 0 Å². The van der Waals surface area contributed by atoms with Crippen molar-refractivity contribution in [3.8, 4) is 0 Å². The van der Waals surface area contributed by atoms with E-state index in [1.54, 1.807) is 13.8 Å².